The fourth-order valence-electron chi connectivity index (χ4n) is 4.47. The summed E-state index contributed by atoms with van der Waals surface area (Å²) in [5, 5.41) is 5.78. The summed E-state index contributed by atoms with van der Waals surface area (Å²) >= 11 is 0. The summed E-state index contributed by atoms with van der Waals surface area (Å²) in [7, 11) is 0. The number of furan rings is 1. The Balaban J connectivity index is 1.67. The first-order valence-corrected chi connectivity index (χ1v) is 11.9. The van der Waals surface area contributed by atoms with Gasteiger partial charge in [0.15, 0.2) is 5.76 Å². The topological polar surface area (TPSA) is 105 Å². The number of nitrogens with one attached hydrogen (secondary N) is 2. The number of hydrogen-bond donors (Lipinski definition) is 2. The number of amides is 3. The minimum atomic E-state index is -0.945. The first kappa shape index (κ1) is 24.2. The normalized spacial score (nSPS) is 14.7. The lowest BCUT2D eigenvalue weighted by atomic mass is 9.94. The summed E-state index contributed by atoms with van der Waals surface area (Å²) in [6.07, 6.45) is 9.77. The maximum Gasteiger partial charge on any atom is 0.287 e. The number of para-hydroxylation sites is 1. The lowest BCUT2D eigenvalue weighted by Crippen LogP contribution is -2.50. The fraction of sp³-hybridized carbons (Fsp3) is 0.333. The van der Waals surface area contributed by atoms with E-state index in [1.807, 2.05) is 25.1 Å². The van der Waals surface area contributed by atoms with Gasteiger partial charge in [-0.3, -0.25) is 24.3 Å². The van der Waals surface area contributed by atoms with Crippen LogP contribution in [0.25, 0.3) is 0 Å². The lowest BCUT2D eigenvalue weighted by molar-refractivity contribution is -0.127. The van der Waals surface area contributed by atoms with Crippen LogP contribution in [0.5, 0.6) is 0 Å². The highest BCUT2D eigenvalue weighted by Gasteiger charge is 2.35. The molecule has 8 nitrogen and oxygen atoms in total. The first-order chi connectivity index (χ1) is 17.0. The van der Waals surface area contributed by atoms with Gasteiger partial charge in [0.1, 0.15) is 6.04 Å². The van der Waals surface area contributed by atoms with Crippen LogP contribution in [-0.4, -0.2) is 35.3 Å². The third-order valence-corrected chi connectivity index (χ3v) is 6.25. The number of hydrogen-bond acceptors (Lipinski definition) is 5. The van der Waals surface area contributed by atoms with Crippen LogP contribution < -0.4 is 15.5 Å². The van der Waals surface area contributed by atoms with E-state index >= 15 is 0 Å². The smallest absolute Gasteiger partial charge is 0.287 e. The van der Waals surface area contributed by atoms with E-state index in [2.05, 4.69) is 15.6 Å². The zero-order valence-electron chi connectivity index (χ0n) is 19.8. The third-order valence-electron chi connectivity index (χ3n) is 6.25. The molecule has 0 unspecified atom stereocenters. The SMILES string of the molecule is Cc1ccccc1N(C(=O)CNC(=O)c1ccco1)[C@H](C(=O)NC1CCCCC1)c1cccnc1. The van der Waals surface area contributed by atoms with E-state index in [4.69, 9.17) is 4.42 Å². The number of anilines is 1. The largest absolute Gasteiger partial charge is 0.459 e. The monoisotopic (exact) mass is 474 g/mol. The van der Waals surface area contributed by atoms with E-state index in [9.17, 15) is 14.4 Å². The van der Waals surface area contributed by atoms with Crippen LogP contribution in [0.2, 0.25) is 0 Å². The predicted molar refractivity (Wildman–Crippen MR) is 132 cm³/mol. The Bertz CT molecular complexity index is 1140. The van der Waals surface area contributed by atoms with Gasteiger partial charge >= 0.3 is 0 Å². The molecule has 182 valence electrons. The molecule has 2 heterocycles. The van der Waals surface area contributed by atoms with Crippen molar-refractivity contribution in [2.45, 2.75) is 51.1 Å². The van der Waals surface area contributed by atoms with Crippen LogP contribution in [0.4, 0.5) is 5.69 Å². The molecule has 2 N–H and O–H groups in total. The zero-order chi connectivity index (χ0) is 24.6. The van der Waals surface area contributed by atoms with E-state index < -0.39 is 17.9 Å². The molecule has 4 rings (SSSR count). The van der Waals surface area contributed by atoms with Gasteiger partial charge in [-0.2, -0.15) is 0 Å². The van der Waals surface area contributed by atoms with Crippen molar-refractivity contribution in [3.05, 3.63) is 84.1 Å². The van der Waals surface area contributed by atoms with Crippen LogP contribution in [0.1, 0.15) is 59.8 Å². The van der Waals surface area contributed by atoms with E-state index in [0.29, 0.717) is 11.3 Å². The van der Waals surface area contributed by atoms with Crippen LogP contribution in [0.3, 0.4) is 0 Å². The molecular weight excluding hydrogens is 444 g/mol. The highest BCUT2D eigenvalue weighted by atomic mass is 16.3. The molecule has 2 aromatic heterocycles. The second kappa shape index (κ2) is 11.5. The van der Waals surface area contributed by atoms with Crippen molar-refractivity contribution in [1.29, 1.82) is 0 Å². The summed E-state index contributed by atoms with van der Waals surface area (Å²) in [6, 6.07) is 13.2. The van der Waals surface area contributed by atoms with Crippen molar-refractivity contribution in [3.8, 4) is 0 Å². The van der Waals surface area contributed by atoms with Gasteiger partial charge in [0.05, 0.1) is 12.8 Å². The average molecular weight is 475 g/mol. The van der Waals surface area contributed by atoms with E-state index in [1.165, 1.54) is 23.7 Å². The number of nitrogens with zero attached hydrogens (tertiary/aromatic N) is 2. The van der Waals surface area contributed by atoms with Gasteiger partial charge in [0, 0.05) is 29.7 Å². The van der Waals surface area contributed by atoms with E-state index in [-0.39, 0.29) is 24.3 Å². The molecule has 8 heteroatoms. The van der Waals surface area contributed by atoms with Crippen molar-refractivity contribution in [2.24, 2.45) is 0 Å². The highest BCUT2D eigenvalue weighted by Crippen LogP contribution is 2.31. The molecule has 1 fully saturated rings. The maximum absolute atomic E-state index is 13.7. The standard InChI is InChI=1S/C27H30N4O4/c1-19-9-5-6-13-22(19)31(24(32)18-29-26(33)23-14-8-16-35-23)25(20-10-7-15-28-17-20)27(34)30-21-11-3-2-4-12-21/h5-10,13-17,21,25H,2-4,11-12,18H2,1H3,(H,29,33)(H,30,34)/t25-/m0/s1. The van der Waals surface area contributed by atoms with Crippen LogP contribution in [0.15, 0.2) is 71.6 Å². The Labute approximate surface area is 204 Å². The molecule has 1 aliphatic rings. The van der Waals surface area contributed by atoms with Gasteiger partial charge in [-0.25, -0.2) is 0 Å². The highest BCUT2D eigenvalue weighted by molar-refractivity contribution is 6.04. The number of rotatable bonds is 8. The van der Waals surface area contributed by atoms with Crippen molar-refractivity contribution in [2.75, 3.05) is 11.4 Å². The maximum atomic E-state index is 13.7. The van der Waals surface area contributed by atoms with Gasteiger partial charge in [0.25, 0.3) is 5.91 Å². The number of pyridine rings is 1. The van der Waals surface area contributed by atoms with Crippen molar-refractivity contribution >= 4 is 23.4 Å². The molecule has 0 aliphatic heterocycles. The third kappa shape index (κ3) is 5.95. The van der Waals surface area contributed by atoms with Crippen molar-refractivity contribution in [1.82, 2.24) is 15.6 Å². The summed E-state index contributed by atoms with van der Waals surface area (Å²) in [6.45, 7) is 1.58. The molecule has 0 saturated heterocycles. The predicted octanol–water partition coefficient (Wildman–Crippen LogP) is 3.94. The van der Waals surface area contributed by atoms with Crippen molar-refractivity contribution < 1.29 is 18.8 Å². The minimum absolute atomic E-state index is 0.0721. The molecule has 1 saturated carbocycles. The van der Waals surface area contributed by atoms with Crippen LogP contribution in [-0.2, 0) is 9.59 Å². The fourth-order valence-corrected chi connectivity index (χ4v) is 4.47. The Morgan fingerprint density at radius 3 is 2.54 bits per heavy atom. The molecule has 1 atom stereocenters. The molecule has 1 aliphatic carbocycles. The molecule has 3 aromatic rings. The van der Waals surface area contributed by atoms with E-state index in [1.54, 1.807) is 36.7 Å². The second-order valence-electron chi connectivity index (χ2n) is 8.74. The molecule has 3 amide bonds. The Morgan fingerprint density at radius 1 is 1.06 bits per heavy atom. The molecule has 0 bridgehead atoms. The summed E-state index contributed by atoms with van der Waals surface area (Å²) in [5.41, 5.74) is 2.02. The van der Waals surface area contributed by atoms with Gasteiger partial charge in [-0.05, 0) is 49.6 Å². The molecule has 0 radical (unpaired) electrons. The first-order valence-electron chi connectivity index (χ1n) is 11.9. The number of aromatic nitrogens is 1. The number of aryl methyl sites for hydroxylation is 1. The Hall–Kier alpha value is -3.94. The molecular formula is C27H30N4O4. The van der Waals surface area contributed by atoms with Crippen LogP contribution in [0, 0.1) is 6.92 Å². The van der Waals surface area contributed by atoms with Gasteiger partial charge in [0.2, 0.25) is 11.8 Å². The van der Waals surface area contributed by atoms with E-state index in [0.717, 1.165) is 31.2 Å². The van der Waals surface area contributed by atoms with Crippen LogP contribution >= 0.6 is 0 Å². The summed E-state index contributed by atoms with van der Waals surface area (Å²) in [5.74, 6) is -1.08. The number of carbonyl (C=O) groups excluding carboxylic acids is 3. The minimum Gasteiger partial charge on any atom is -0.459 e. The number of benzene rings is 1. The van der Waals surface area contributed by atoms with Gasteiger partial charge in [-0.1, -0.05) is 43.5 Å². The zero-order valence-corrected chi connectivity index (χ0v) is 19.8. The molecule has 1 aromatic carbocycles. The Morgan fingerprint density at radius 2 is 1.86 bits per heavy atom. The second-order valence-corrected chi connectivity index (χ2v) is 8.74. The van der Waals surface area contributed by atoms with Crippen molar-refractivity contribution in [3.63, 3.8) is 0 Å². The van der Waals surface area contributed by atoms with Gasteiger partial charge in [-0.15, -0.1) is 0 Å². The van der Waals surface area contributed by atoms with Gasteiger partial charge < -0.3 is 15.1 Å². The Kier molecular flexibility index (Phi) is 7.92. The molecule has 35 heavy (non-hydrogen) atoms. The summed E-state index contributed by atoms with van der Waals surface area (Å²) in [4.78, 5) is 45.5. The summed E-state index contributed by atoms with van der Waals surface area (Å²) < 4.78 is 5.12. The quantitative estimate of drug-likeness (QED) is 0.515. The number of carbonyl (C=O) groups is 3. The average Bonchev–Trinajstić information content (AvgIpc) is 3.42. The lowest BCUT2D eigenvalue weighted by Gasteiger charge is -2.34. The molecule has 0 spiro atoms.